The molecule has 0 aliphatic carbocycles. The zero-order chi connectivity index (χ0) is 14.3. The van der Waals surface area contributed by atoms with Crippen molar-refractivity contribution < 1.29 is 9.52 Å². The fourth-order valence-corrected chi connectivity index (χ4v) is 2.73. The summed E-state index contributed by atoms with van der Waals surface area (Å²) in [5.74, 6) is 0.647. The van der Waals surface area contributed by atoms with Gasteiger partial charge in [0.05, 0.1) is 6.26 Å². The summed E-state index contributed by atoms with van der Waals surface area (Å²) in [5, 5.41) is 10.7. The highest BCUT2D eigenvalue weighted by Crippen LogP contribution is 2.34. The summed E-state index contributed by atoms with van der Waals surface area (Å²) in [4.78, 5) is 0. The first-order chi connectivity index (χ1) is 8.86. The van der Waals surface area contributed by atoms with Gasteiger partial charge >= 0.3 is 0 Å². The van der Waals surface area contributed by atoms with Gasteiger partial charge in [-0.3, -0.25) is 0 Å². The molecule has 2 rings (SSSR count). The Bertz CT molecular complexity index is 591. The van der Waals surface area contributed by atoms with Crippen molar-refractivity contribution in [1.29, 1.82) is 0 Å². The van der Waals surface area contributed by atoms with Crippen LogP contribution in [0.2, 0.25) is 0 Å². The van der Waals surface area contributed by atoms with Gasteiger partial charge in [-0.25, -0.2) is 0 Å². The van der Waals surface area contributed by atoms with Gasteiger partial charge in [-0.2, -0.15) is 0 Å². The van der Waals surface area contributed by atoms with E-state index < -0.39 is 6.10 Å². The lowest BCUT2D eigenvalue weighted by atomic mass is 9.86. The van der Waals surface area contributed by atoms with Crippen molar-refractivity contribution >= 4 is 0 Å². The van der Waals surface area contributed by atoms with E-state index in [-0.39, 0.29) is 0 Å². The maximum absolute atomic E-state index is 10.7. The monoisotopic (exact) mass is 258 g/mol. The third kappa shape index (κ3) is 2.10. The Morgan fingerprint density at radius 3 is 1.74 bits per heavy atom. The molecule has 0 saturated carbocycles. The summed E-state index contributed by atoms with van der Waals surface area (Å²) in [6.45, 7) is 12.5. The molecular weight excluding hydrogens is 236 g/mol. The highest BCUT2D eigenvalue weighted by Gasteiger charge is 2.23. The zero-order valence-electron chi connectivity index (χ0n) is 12.6. The van der Waals surface area contributed by atoms with Crippen molar-refractivity contribution in [1.82, 2.24) is 0 Å². The summed E-state index contributed by atoms with van der Waals surface area (Å²) in [6, 6.07) is 1.89. The van der Waals surface area contributed by atoms with Crippen LogP contribution in [-0.2, 0) is 0 Å². The summed E-state index contributed by atoms with van der Waals surface area (Å²) < 4.78 is 5.45. The molecular formula is C17H22O2. The van der Waals surface area contributed by atoms with Gasteiger partial charge in [-0.1, -0.05) is 0 Å². The van der Waals surface area contributed by atoms with Gasteiger partial charge in [-0.05, 0) is 86.6 Å². The van der Waals surface area contributed by atoms with Crippen LogP contribution in [0.5, 0.6) is 0 Å². The Balaban J connectivity index is 2.67. The Hall–Kier alpha value is -1.54. The molecule has 0 aliphatic rings. The van der Waals surface area contributed by atoms with Crippen molar-refractivity contribution in [2.75, 3.05) is 0 Å². The molecule has 102 valence electrons. The van der Waals surface area contributed by atoms with Gasteiger partial charge in [0.2, 0.25) is 0 Å². The number of aliphatic hydroxyl groups excluding tert-OH is 1. The SMILES string of the molecule is Cc1ccoc1C(O)c1c(C)c(C)c(C)c(C)c1C. The van der Waals surface area contributed by atoms with Crippen LogP contribution in [0.3, 0.4) is 0 Å². The number of furan rings is 1. The van der Waals surface area contributed by atoms with E-state index in [0.29, 0.717) is 5.76 Å². The molecule has 2 nitrogen and oxygen atoms in total. The standard InChI is InChI=1S/C17H22O2/c1-9-7-8-19-17(9)16(18)15-13(5)11(3)10(2)12(4)14(15)6/h7-8,16,18H,1-6H3. The summed E-state index contributed by atoms with van der Waals surface area (Å²) in [6.07, 6.45) is 0.944. The molecule has 0 fully saturated rings. The van der Waals surface area contributed by atoms with Gasteiger partial charge in [0.1, 0.15) is 11.9 Å². The largest absolute Gasteiger partial charge is 0.466 e. The van der Waals surface area contributed by atoms with E-state index in [1.807, 2.05) is 13.0 Å². The van der Waals surface area contributed by atoms with Crippen molar-refractivity contribution in [3.63, 3.8) is 0 Å². The van der Waals surface area contributed by atoms with Gasteiger partial charge < -0.3 is 9.52 Å². The molecule has 2 heteroatoms. The molecule has 0 saturated heterocycles. The molecule has 0 radical (unpaired) electrons. The average Bonchev–Trinajstić information content (AvgIpc) is 2.80. The molecule has 1 aromatic carbocycles. The van der Waals surface area contributed by atoms with E-state index in [1.165, 1.54) is 16.7 Å². The number of benzene rings is 1. The number of hydrogen-bond donors (Lipinski definition) is 1. The lowest BCUT2D eigenvalue weighted by molar-refractivity contribution is 0.187. The van der Waals surface area contributed by atoms with E-state index in [4.69, 9.17) is 4.42 Å². The third-order valence-electron chi connectivity index (χ3n) is 4.48. The van der Waals surface area contributed by atoms with Gasteiger partial charge in [-0.15, -0.1) is 0 Å². The fourth-order valence-electron chi connectivity index (χ4n) is 2.73. The predicted molar refractivity (Wildman–Crippen MR) is 77.6 cm³/mol. The lowest BCUT2D eigenvalue weighted by Gasteiger charge is -2.21. The smallest absolute Gasteiger partial charge is 0.139 e. The molecule has 2 aromatic rings. The summed E-state index contributed by atoms with van der Waals surface area (Å²) in [5.41, 5.74) is 8.10. The van der Waals surface area contributed by atoms with Crippen LogP contribution >= 0.6 is 0 Å². The normalized spacial score (nSPS) is 12.8. The fraction of sp³-hybridized carbons (Fsp3) is 0.412. The second-order valence-corrected chi connectivity index (χ2v) is 5.41. The molecule has 1 aromatic heterocycles. The van der Waals surface area contributed by atoms with E-state index in [2.05, 4.69) is 34.6 Å². The van der Waals surface area contributed by atoms with Crippen molar-refractivity contribution in [3.05, 3.63) is 57.0 Å². The van der Waals surface area contributed by atoms with Crippen LogP contribution in [-0.4, -0.2) is 5.11 Å². The molecule has 1 heterocycles. The molecule has 1 N–H and O–H groups in total. The van der Waals surface area contributed by atoms with Crippen LogP contribution in [0.1, 0.15) is 50.8 Å². The molecule has 0 bridgehead atoms. The Kier molecular flexibility index (Phi) is 3.55. The summed E-state index contributed by atoms with van der Waals surface area (Å²) >= 11 is 0. The second-order valence-electron chi connectivity index (χ2n) is 5.41. The van der Waals surface area contributed by atoms with Crippen molar-refractivity contribution in [2.24, 2.45) is 0 Å². The number of aliphatic hydroxyl groups is 1. The number of hydrogen-bond acceptors (Lipinski definition) is 2. The molecule has 0 amide bonds. The molecule has 19 heavy (non-hydrogen) atoms. The molecule has 0 aliphatic heterocycles. The second kappa shape index (κ2) is 4.86. The maximum atomic E-state index is 10.7. The molecule has 0 spiro atoms. The van der Waals surface area contributed by atoms with Crippen LogP contribution in [0.15, 0.2) is 16.7 Å². The first kappa shape index (κ1) is 13.9. The first-order valence-electron chi connectivity index (χ1n) is 6.65. The zero-order valence-corrected chi connectivity index (χ0v) is 12.6. The van der Waals surface area contributed by atoms with Crippen molar-refractivity contribution in [3.8, 4) is 0 Å². The van der Waals surface area contributed by atoms with Crippen LogP contribution in [0.4, 0.5) is 0 Å². The van der Waals surface area contributed by atoms with Crippen LogP contribution in [0, 0.1) is 41.5 Å². The third-order valence-corrected chi connectivity index (χ3v) is 4.48. The Morgan fingerprint density at radius 2 is 1.32 bits per heavy atom. The van der Waals surface area contributed by atoms with E-state index in [1.54, 1.807) is 6.26 Å². The number of rotatable bonds is 2. The quantitative estimate of drug-likeness (QED) is 0.875. The maximum Gasteiger partial charge on any atom is 0.139 e. The number of aryl methyl sites for hydroxylation is 1. The first-order valence-corrected chi connectivity index (χ1v) is 6.65. The Labute approximate surface area is 115 Å². The minimum atomic E-state index is -0.687. The van der Waals surface area contributed by atoms with Gasteiger partial charge in [0.25, 0.3) is 0 Å². The predicted octanol–water partition coefficient (Wildman–Crippen LogP) is 4.21. The lowest BCUT2D eigenvalue weighted by Crippen LogP contribution is -2.09. The van der Waals surface area contributed by atoms with Crippen molar-refractivity contribution in [2.45, 2.75) is 47.6 Å². The highest BCUT2D eigenvalue weighted by molar-refractivity contribution is 5.52. The molecule has 1 unspecified atom stereocenters. The average molecular weight is 258 g/mol. The minimum Gasteiger partial charge on any atom is -0.466 e. The van der Waals surface area contributed by atoms with E-state index in [9.17, 15) is 5.11 Å². The van der Waals surface area contributed by atoms with Crippen LogP contribution < -0.4 is 0 Å². The summed E-state index contributed by atoms with van der Waals surface area (Å²) in [7, 11) is 0. The molecule has 1 atom stereocenters. The topological polar surface area (TPSA) is 33.4 Å². The van der Waals surface area contributed by atoms with Gasteiger partial charge in [0, 0.05) is 0 Å². The highest BCUT2D eigenvalue weighted by atomic mass is 16.4. The Morgan fingerprint density at radius 1 is 0.842 bits per heavy atom. The van der Waals surface area contributed by atoms with Crippen LogP contribution in [0.25, 0.3) is 0 Å². The van der Waals surface area contributed by atoms with E-state index >= 15 is 0 Å². The minimum absolute atomic E-state index is 0.647. The van der Waals surface area contributed by atoms with Gasteiger partial charge in [0.15, 0.2) is 0 Å². The van der Waals surface area contributed by atoms with E-state index in [0.717, 1.165) is 22.3 Å².